The van der Waals surface area contributed by atoms with Crippen LogP contribution in [-0.4, -0.2) is 9.78 Å². The molecule has 19 heavy (non-hydrogen) atoms. The predicted molar refractivity (Wildman–Crippen MR) is 82.4 cm³/mol. The van der Waals surface area contributed by atoms with Gasteiger partial charge in [-0.1, -0.05) is 39.7 Å². The zero-order chi connectivity index (χ0) is 14.0. The van der Waals surface area contributed by atoms with Crippen molar-refractivity contribution in [2.45, 2.75) is 26.4 Å². The maximum absolute atomic E-state index is 6.22. The minimum atomic E-state index is 0.267. The molecule has 1 atom stereocenters. The third kappa shape index (κ3) is 3.38. The van der Waals surface area contributed by atoms with E-state index in [-0.39, 0.29) is 6.04 Å². The highest BCUT2D eigenvalue weighted by atomic mass is 79.9. The van der Waals surface area contributed by atoms with Crippen molar-refractivity contribution in [3.05, 3.63) is 50.7 Å². The summed E-state index contributed by atoms with van der Waals surface area (Å²) < 4.78 is 2.80. The van der Waals surface area contributed by atoms with E-state index in [2.05, 4.69) is 57.5 Å². The molecule has 0 amide bonds. The first kappa shape index (κ1) is 14.6. The van der Waals surface area contributed by atoms with Gasteiger partial charge in [0.1, 0.15) is 5.15 Å². The lowest BCUT2D eigenvalue weighted by Crippen LogP contribution is -2.18. The van der Waals surface area contributed by atoms with E-state index in [1.54, 1.807) is 4.68 Å². The molecule has 5 heteroatoms. The van der Waals surface area contributed by atoms with Gasteiger partial charge in [0.15, 0.2) is 0 Å². The van der Waals surface area contributed by atoms with Crippen LogP contribution in [-0.2, 0) is 13.6 Å². The van der Waals surface area contributed by atoms with E-state index in [1.807, 2.05) is 14.0 Å². The molecule has 0 aliphatic heterocycles. The topological polar surface area (TPSA) is 29.9 Å². The molecule has 0 aliphatic carbocycles. The molecule has 102 valence electrons. The van der Waals surface area contributed by atoms with Gasteiger partial charge in [-0.25, -0.2) is 0 Å². The van der Waals surface area contributed by atoms with Crippen LogP contribution in [0, 0.1) is 6.92 Å². The van der Waals surface area contributed by atoms with Gasteiger partial charge in [0.25, 0.3) is 0 Å². The third-order valence-corrected chi connectivity index (χ3v) is 4.23. The number of rotatable bonds is 4. The van der Waals surface area contributed by atoms with E-state index >= 15 is 0 Å². The van der Waals surface area contributed by atoms with Crippen molar-refractivity contribution in [1.82, 2.24) is 15.1 Å². The lowest BCUT2D eigenvalue weighted by molar-refractivity contribution is 0.573. The van der Waals surface area contributed by atoms with Crippen LogP contribution in [0.3, 0.4) is 0 Å². The van der Waals surface area contributed by atoms with Crippen LogP contribution in [0.1, 0.15) is 29.8 Å². The molecular weight excluding hydrogens is 326 g/mol. The van der Waals surface area contributed by atoms with E-state index in [0.717, 1.165) is 22.3 Å². The van der Waals surface area contributed by atoms with Crippen LogP contribution in [0.5, 0.6) is 0 Å². The molecule has 1 heterocycles. The summed E-state index contributed by atoms with van der Waals surface area (Å²) in [5.74, 6) is 0. The molecule has 3 nitrogen and oxygen atoms in total. The Labute approximate surface area is 127 Å². The molecule has 0 fully saturated rings. The van der Waals surface area contributed by atoms with Gasteiger partial charge in [0.2, 0.25) is 0 Å². The fourth-order valence-electron chi connectivity index (χ4n) is 2.00. The van der Waals surface area contributed by atoms with Crippen LogP contribution < -0.4 is 5.32 Å². The van der Waals surface area contributed by atoms with Crippen LogP contribution in [0.2, 0.25) is 5.15 Å². The average Bonchev–Trinajstić information content (AvgIpc) is 2.62. The number of benzene rings is 1. The SMILES string of the molecule is Cc1nn(C)c(Cl)c1CN[C@H](C)c1ccc(Br)cc1. The van der Waals surface area contributed by atoms with E-state index in [1.165, 1.54) is 5.56 Å². The van der Waals surface area contributed by atoms with Gasteiger partial charge < -0.3 is 5.32 Å². The molecule has 0 unspecified atom stereocenters. The Morgan fingerprint density at radius 1 is 1.37 bits per heavy atom. The average molecular weight is 343 g/mol. The fourth-order valence-corrected chi connectivity index (χ4v) is 2.50. The van der Waals surface area contributed by atoms with E-state index < -0.39 is 0 Å². The van der Waals surface area contributed by atoms with Crippen molar-refractivity contribution in [3.8, 4) is 0 Å². The molecule has 0 aliphatic rings. The summed E-state index contributed by atoms with van der Waals surface area (Å²) in [6.45, 7) is 4.84. The molecule has 0 radical (unpaired) electrons. The van der Waals surface area contributed by atoms with Crippen molar-refractivity contribution < 1.29 is 0 Å². The smallest absolute Gasteiger partial charge is 0.131 e. The van der Waals surface area contributed by atoms with Crippen LogP contribution >= 0.6 is 27.5 Å². The second kappa shape index (κ2) is 6.07. The Kier molecular flexibility index (Phi) is 4.66. The fraction of sp³-hybridized carbons (Fsp3) is 0.357. The van der Waals surface area contributed by atoms with Crippen molar-refractivity contribution in [1.29, 1.82) is 0 Å². The molecule has 1 N–H and O–H groups in total. The zero-order valence-corrected chi connectivity index (χ0v) is 13.6. The number of nitrogens with one attached hydrogen (secondary N) is 1. The third-order valence-electron chi connectivity index (χ3n) is 3.22. The van der Waals surface area contributed by atoms with Gasteiger partial charge in [0.05, 0.1) is 5.69 Å². The molecular formula is C14H17BrClN3. The summed E-state index contributed by atoms with van der Waals surface area (Å²) in [5, 5.41) is 8.49. The number of aromatic nitrogens is 2. The Balaban J connectivity index is 2.04. The summed E-state index contributed by atoms with van der Waals surface area (Å²) in [6, 6.07) is 8.59. The van der Waals surface area contributed by atoms with Crippen molar-refractivity contribution in [3.63, 3.8) is 0 Å². The van der Waals surface area contributed by atoms with E-state index in [0.29, 0.717) is 5.15 Å². The van der Waals surface area contributed by atoms with Crippen molar-refractivity contribution in [2.75, 3.05) is 0 Å². The summed E-state index contributed by atoms with van der Waals surface area (Å²) in [6.07, 6.45) is 0. The number of hydrogen-bond donors (Lipinski definition) is 1. The van der Waals surface area contributed by atoms with Crippen molar-refractivity contribution in [2.24, 2.45) is 7.05 Å². The predicted octanol–water partition coefficient (Wildman–Crippen LogP) is 4.00. The first-order valence-electron chi connectivity index (χ1n) is 6.16. The van der Waals surface area contributed by atoms with Gasteiger partial charge in [0, 0.05) is 29.7 Å². The largest absolute Gasteiger partial charge is 0.306 e. The summed E-state index contributed by atoms with van der Waals surface area (Å²) >= 11 is 9.66. The summed E-state index contributed by atoms with van der Waals surface area (Å²) in [4.78, 5) is 0. The normalized spacial score (nSPS) is 12.7. The van der Waals surface area contributed by atoms with Crippen LogP contribution in [0.4, 0.5) is 0 Å². The zero-order valence-electron chi connectivity index (χ0n) is 11.2. The van der Waals surface area contributed by atoms with E-state index in [9.17, 15) is 0 Å². The first-order chi connectivity index (χ1) is 8.99. The number of nitrogens with zero attached hydrogens (tertiary/aromatic N) is 2. The second-order valence-electron chi connectivity index (χ2n) is 4.63. The molecule has 2 aromatic rings. The Hall–Kier alpha value is -0.840. The van der Waals surface area contributed by atoms with Crippen LogP contribution in [0.15, 0.2) is 28.7 Å². The lowest BCUT2D eigenvalue weighted by Gasteiger charge is -2.14. The maximum atomic E-state index is 6.22. The van der Waals surface area contributed by atoms with Crippen molar-refractivity contribution >= 4 is 27.5 Å². The number of hydrogen-bond acceptors (Lipinski definition) is 2. The molecule has 1 aromatic carbocycles. The maximum Gasteiger partial charge on any atom is 0.131 e. The van der Waals surface area contributed by atoms with E-state index in [4.69, 9.17) is 11.6 Å². The number of halogens is 2. The molecule has 2 rings (SSSR count). The second-order valence-corrected chi connectivity index (χ2v) is 5.91. The quantitative estimate of drug-likeness (QED) is 0.910. The van der Waals surface area contributed by atoms with Gasteiger partial charge in [-0.05, 0) is 31.5 Å². The highest BCUT2D eigenvalue weighted by Gasteiger charge is 2.12. The first-order valence-corrected chi connectivity index (χ1v) is 7.33. The number of aryl methyl sites for hydroxylation is 2. The molecule has 0 saturated heterocycles. The minimum Gasteiger partial charge on any atom is -0.306 e. The Morgan fingerprint density at radius 2 is 2.00 bits per heavy atom. The van der Waals surface area contributed by atoms with Gasteiger partial charge in [-0.15, -0.1) is 0 Å². The van der Waals surface area contributed by atoms with Crippen LogP contribution in [0.25, 0.3) is 0 Å². The highest BCUT2D eigenvalue weighted by molar-refractivity contribution is 9.10. The standard InChI is InChI=1S/C14H17BrClN3/c1-9(11-4-6-12(15)7-5-11)17-8-13-10(2)18-19(3)14(13)16/h4-7,9,17H,8H2,1-3H3/t9-/m1/s1. The summed E-state index contributed by atoms with van der Waals surface area (Å²) in [5.41, 5.74) is 3.29. The van der Waals surface area contributed by atoms with Gasteiger partial charge in [-0.3, -0.25) is 4.68 Å². The Bertz CT molecular complexity index is 563. The molecule has 0 spiro atoms. The highest BCUT2D eigenvalue weighted by Crippen LogP contribution is 2.21. The molecule has 0 saturated carbocycles. The van der Waals surface area contributed by atoms with Gasteiger partial charge >= 0.3 is 0 Å². The molecule has 0 bridgehead atoms. The summed E-state index contributed by atoms with van der Waals surface area (Å²) in [7, 11) is 1.86. The minimum absolute atomic E-state index is 0.267. The van der Waals surface area contributed by atoms with Gasteiger partial charge in [-0.2, -0.15) is 5.10 Å². The Morgan fingerprint density at radius 3 is 2.53 bits per heavy atom. The monoisotopic (exact) mass is 341 g/mol. The molecule has 1 aromatic heterocycles. The lowest BCUT2D eigenvalue weighted by atomic mass is 10.1.